The van der Waals surface area contributed by atoms with Gasteiger partial charge in [0.2, 0.25) is 5.82 Å². The van der Waals surface area contributed by atoms with Gasteiger partial charge in [-0.15, -0.1) is 5.11 Å². The molecule has 0 atom stereocenters. The van der Waals surface area contributed by atoms with E-state index in [2.05, 4.69) is 20.3 Å². The number of primary amides is 1. The largest absolute Gasteiger partial charge is 0.364 e. The summed E-state index contributed by atoms with van der Waals surface area (Å²) in [5.74, 6) is -1.19. The number of nitrogens with two attached hydrogens (primary N) is 1. The molecule has 7 heteroatoms. The van der Waals surface area contributed by atoms with Crippen molar-refractivity contribution in [1.82, 2.24) is 15.0 Å². The second kappa shape index (κ2) is 3.65. The van der Waals surface area contributed by atoms with Gasteiger partial charge in [-0.25, -0.2) is 4.98 Å². The maximum Gasteiger partial charge on any atom is 0.269 e. The average Bonchev–Trinajstić information content (AvgIpc) is 2.61. The number of aromatic nitrogens is 2. The highest BCUT2D eigenvalue weighted by Crippen LogP contribution is 2.12. The standard InChI is InChI=1S/C6H10N6O/c1-12(2)11-10-6-4(5(7)13)8-3-9-6/h3H,1-2H3,(H2,7,13)(H,8,9)/i1D3,2D3. The number of aromatic amines is 1. The van der Waals surface area contributed by atoms with E-state index in [9.17, 15) is 4.79 Å². The highest BCUT2D eigenvalue weighted by Gasteiger charge is 2.09. The Hall–Kier alpha value is -1.92. The number of amides is 1. The van der Waals surface area contributed by atoms with E-state index in [1.54, 1.807) is 0 Å². The van der Waals surface area contributed by atoms with Crippen LogP contribution in [0, 0.1) is 0 Å². The number of hydrogen-bond donors (Lipinski definition) is 2. The number of carbonyl (C=O) groups is 1. The topological polar surface area (TPSA) is 99.7 Å². The van der Waals surface area contributed by atoms with Crippen molar-refractivity contribution < 1.29 is 13.0 Å². The van der Waals surface area contributed by atoms with Gasteiger partial charge in [0.15, 0.2) is 5.69 Å². The van der Waals surface area contributed by atoms with Crippen LogP contribution in [0.3, 0.4) is 0 Å². The minimum Gasteiger partial charge on any atom is -0.364 e. The van der Waals surface area contributed by atoms with Gasteiger partial charge in [0.25, 0.3) is 5.91 Å². The fraction of sp³-hybridized carbons (Fsp3) is 0.333. The smallest absolute Gasteiger partial charge is 0.269 e. The number of rotatable bonds is 3. The van der Waals surface area contributed by atoms with Crippen LogP contribution >= 0.6 is 0 Å². The lowest BCUT2D eigenvalue weighted by atomic mass is 10.4. The molecule has 0 aliphatic rings. The minimum absolute atomic E-state index is 0.139. The van der Waals surface area contributed by atoms with E-state index in [0.29, 0.717) is 0 Å². The fourth-order valence-electron chi connectivity index (χ4n) is 0.631. The molecule has 1 aromatic heterocycles. The van der Waals surface area contributed by atoms with Crippen LogP contribution in [0.1, 0.15) is 18.7 Å². The molecule has 1 amide bonds. The number of nitrogens with zero attached hydrogens (tertiary/aromatic N) is 4. The number of nitrogens with one attached hydrogen (secondary N) is 1. The van der Waals surface area contributed by atoms with Gasteiger partial charge in [0.1, 0.15) is 0 Å². The molecule has 0 saturated carbocycles. The van der Waals surface area contributed by atoms with E-state index in [1.165, 1.54) is 0 Å². The van der Waals surface area contributed by atoms with Gasteiger partial charge in [0.05, 0.1) is 6.33 Å². The summed E-state index contributed by atoms with van der Waals surface area (Å²) in [6.07, 6.45) is 1.09. The normalized spacial score (nSPS) is 19.4. The highest BCUT2D eigenvalue weighted by molar-refractivity contribution is 5.94. The molecule has 0 radical (unpaired) electrons. The summed E-state index contributed by atoms with van der Waals surface area (Å²) in [5.41, 5.74) is 4.78. The third-order valence-electron chi connectivity index (χ3n) is 1.09. The molecule has 70 valence electrons. The van der Waals surface area contributed by atoms with E-state index >= 15 is 0 Å². The molecule has 1 aromatic rings. The highest BCUT2D eigenvalue weighted by atomic mass is 16.1. The zero-order chi connectivity index (χ0) is 14.8. The summed E-state index contributed by atoms with van der Waals surface area (Å²) in [6.45, 7) is -6.03. The van der Waals surface area contributed by atoms with Crippen molar-refractivity contribution in [2.24, 2.45) is 16.1 Å². The molecule has 7 nitrogen and oxygen atoms in total. The first-order chi connectivity index (χ1) is 8.53. The van der Waals surface area contributed by atoms with E-state index < -0.39 is 19.9 Å². The predicted molar refractivity (Wildman–Crippen MR) is 45.3 cm³/mol. The van der Waals surface area contributed by atoms with Crippen molar-refractivity contribution in [2.75, 3.05) is 14.0 Å². The third-order valence-corrected chi connectivity index (χ3v) is 1.09. The summed E-state index contributed by atoms with van der Waals surface area (Å²) >= 11 is 0. The Bertz CT molecular complexity index is 475. The van der Waals surface area contributed by atoms with Gasteiger partial charge in [-0.3, -0.25) is 9.80 Å². The summed E-state index contributed by atoms with van der Waals surface area (Å²) < 4.78 is 42.2. The van der Waals surface area contributed by atoms with Crippen LogP contribution in [-0.4, -0.2) is 34.8 Å². The monoisotopic (exact) mass is 188 g/mol. The van der Waals surface area contributed by atoms with Crippen LogP contribution in [0.15, 0.2) is 16.7 Å². The second-order valence-electron chi connectivity index (χ2n) is 1.97. The maximum atomic E-state index is 10.9. The molecule has 13 heavy (non-hydrogen) atoms. The minimum atomic E-state index is -3.02. The molecule has 0 aliphatic carbocycles. The van der Waals surface area contributed by atoms with Gasteiger partial charge in [-0.2, -0.15) is 0 Å². The Morgan fingerprint density at radius 1 is 1.85 bits per heavy atom. The molecule has 0 saturated heterocycles. The third kappa shape index (κ3) is 2.26. The van der Waals surface area contributed by atoms with Gasteiger partial charge in [-0.05, 0) is 0 Å². The number of carbonyl (C=O) groups excluding carboxylic acids is 1. The van der Waals surface area contributed by atoms with Gasteiger partial charge < -0.3 is 10.7 Å². The van der Waals surface area contributed by atoms with Gasteiger partial charge in [0, 0.05) is 22.2 Å². The maximum absolute atomic E-state index is 10.9. The van der Waals surface area contributed by atoms with Gasteiger partial charge in [-0.1, -0.05) is 5.22 Å². The van der Waals surface area contributed by atoms with Crippen LogP contribution in [-0.2, 0) is 0 Å². The molecular weight excluding hydrogens is 172 g/mol. The van der Waals surface area contributed by atoms with E-state index in [0.717, 1.165) is 6.33 Å². The molecule has 3 N–H and O–H groups in total. The van der Waals surface area contributed by atoms with E-state index in [-0.39, 0.29) is 16.5 Å². The van der Waals surface area contributed by atoms with Crippen molar-refractivity contribution in [1.29, 1.82) is 0 Å². The fourth-order valence-corrected chi connectivity index (χ4v) is 0.631. The Morgan fingerprint density at radius 3 is 3.23 bits per heavy atom. The van der Waals surface area contributed by atoms with Crippen LogP contribution in [0.2, 0.25) is 0 Å². The lowest BCUT2D eigenvalue weighted by Gasteiger charge is -1.98. The molecular formula is C6H10N6O. The van der Waals surface area contributed by atoms with Gasteiger partial charge >= 0.3 is 0 Å². The van der Waals surface area contributed by atoms with E-state index in [4.69, 9.17) is 14.0 Å². The first kappa shape index (κ1) is 3.86. The van der Waals surface area contributed by atoms with E-state index in [1.807, 2.05) is 0 Å². The quantitative estimate of drug-likeness (QED) is 0.518. The first-order valence-corrected chi connectivity index (χ1v) is 3.08. The Balaban J connectivity index is 3.07. The van der Waals surface area contributed by atoms with Crippen LogP contribution in [0.25, 0.3) is 0 Å². The molecule has 0 unspecified atom stereocenters. The Morgan fingerprint density at radius 2 is 2.62 bits per heavy atom. The number of imidazole rings is 1. The van der Waals surface area contributed by atoms with Crippen molar-refractivity contribution >= 4 is 11.7 Å². The summed E-state index contributed by atoms with van der Waals surface area (Å²) in [6, 6.07) is 0. The zero-order valence-electron chi connectivity index (χ0n) is 12.4. The predicted octanol–water partition coefficient (Wildman–Crippen LogP) is 0.0689. The van der Waals surface area contributed by atoms with Crippen molar-refractivity contribution in [2.45, 2.75) is 0 Å². The molecule has 0 aliphatic heterocycles. The molecule has 0 spiro atoms. The van der Waals surface area contributed by atoms with Crippen LogP contribution in [0.4, 0.5) is 5.82 Å². The molecule has 0 fully saturated rings. The molecule has 1 rings (SSSR count). The average molecular weight is 188 g/mol. The van der Waals surface area contributed by atoms with Crippen molar-refractivity contribution in [3.63, 3.8) is 0 Å². The number of H-pyrrole nitrogens is 1. The SMILES string of the molecule is [2H]C([2H])([2H])N(N=Nc1nc[nH]c1C(N)=O)C([2H])([2H])[2H]. The Kier molecular flexibility index (Phi) is 1.08. The molecule has 0 bridgehead atoms. The lowest BCUT2D eigenvalue weighted by Crippen LogP contribution is -2.11. The second-order valence-corrected chi connectivity index (χ2v) is 1.97. The van der Waals surface area contributed by atoms with Crippen LogP contribution in [0.5, 0.6) is 0 Å². The zero-order valence-corrected chi connectivity index (χ0v) is 6.35. The number of hydrogen-bond acceptors (Lipinski definition) is 4. The van der Waals surface area contributed by atoms with Crippen LogP contribution < -0.4 is 5.73 Å². The Labute approximate surface area is 83.1 Å². The first-order valence-electron chi connectivity index (χ1n) is 6.08. The summed E-state index contributed by atoms with van der Waals surface area (Å²) in [5, 5.41) is 6.26. The molecule has 1 heterocycles. The lowest BCUT2D eigenvalue weighted by molar-refractivity contribution is 0.0996. The molecule has 0 aromatic carbocycles. The van der Waals surface area contributed by atoms with Crippen molar-refractivity contribution in [3.05, 3.63) is 12.0 Å². The summed E-state index contributed by atoms with van der Waals surface area (Å²) in [4.78, 5) is 16.9. The summed E-state index contributed by atoms with van der Waals surface area (Å²) in [7, 11) is 0. The van der Waals surface area contributed by atoms with Crippen molar-refractivity contribution in [3.8, 4) is 0 Å².